The summed E-state index contributed by atoms with van der Waals surface area (Å²) in [5.74, 6) is 0.904. The van der Waals surface area contributed by atoms with E-state index in [9.17, 15) is 0 Å². The fourth-order valence-corrected chi connectivity index (χ4v) is 1.43. The molecule has 1 aromatic carbocycles. The van der Waals surface area contributed by atoms with Crippen molar-refractivity contribution in [1.82, 2.24) is 5.32 Å². The van der Waals surface area contributed by atoms with Gasteiger partial charge in [0.1, 0.15) is 18.5 Å². The van der Waals surface area contributed by atoms with Gasteiger partial charge in [-0.2, -0.15) is 0 Å². The molecule has 0 aliphatic carbocycles. The van der Waals surface area contributed by atoms with Crippen LogP contribution in [-0.2, 0) is 4.74 Å². The average Bonchev–Trinajstić information content (AvgIpc) is 2.29. The normalized spacial score (nSPS) is 21.9. The van der Waals surface area contributed by atoms with Gasteiger partial charge in [0.2, 0.25) is 0 Å². The minimum Gasteiger partial charge on any atom is -0.491 e. The summed E-state index contributed by atoms with van der Waals surface area (Å²) in [6.07, 6.45) is 0.184. The zero-order valence-electron chi connectivity index (χ0n) is 8.11. The molecule has 1 aliphatic heterocycles. The number of rotatable bonds is 3. The molecule has 0 radical (unpaired) electrons. The van der Waals surface area contributed by atoms with Crippen LogP contribution in [-0.4, -0.2) is 32.4 Å². The van der Waals surface area contributed by atoms with Crippen molar-refractivity contribution in [2.45, 2.75) is 6.10 Å². The third-order valence-electron chi connectivity index (χ3n) is 2.18. The first kappa shape index (κ1) is 9.49. The van der Waals surface area contributed by atoms with E-state index in [0.717, 1.165) is 25.4 Å². The second-order valence-corrected chi connectivity index (χ2v) is 3.32. The Morgan fingerprint density at radius 1 is 1.36 bits per heavy atom. The fraction of sp³-hybridized carbons (Fsp3) is 0.455. The Hall–Kier alpha value is -1.06. The van der Waals surface area contributed by atoms with E-state index >= 15 is 0 Å². The Morgan fingerprint density at radius 3 is 2.93 bits per heavy atom. The maximum atomic E-state index is 5.58. The summed E-state index contributed by atoms with van der Waals surface area (Å²) in [5.41, 5.74) is 0. The summed E-state index contributed by atoms with van der Waals surface area (Å²) in [5, 5.41) is 3.27. The van der Waals surface area contributed by atoms with Gasteiger partial charge in [-0.3, -0.25) is 0 Å². The SMILES string of the molecule is c1ccc(OC[C@H]2CNCCO2)cc1. The summed E-state index contributed by atoms with van der Waals surface area (Å²) in [4.78, 5) is 0. The monoisotopic (exact) mass is 193 g/mol. The molecule has 1 aliphatic rings. The van der Waals surface area contributed by atoms with Crippen LogP contribution in [0.2, 0.25) is 0 Å². The van der Waals surface area contributed by atoms with Gasteiger partial charge in [0.05, 0.1) is 6.61 Å². The Morgan fingerprint density at radius 2 is 2.21 bits per heavy atom. The van der Waals surface area contributed by atoms with Crippen molar-refractivity contribution in [3.05, 3.63) is 30.3 Å². The molecule has 0 amide bonds. The highest BCUT2D eigenvalue weighted by molar-refractivity contribution is 5.20. The van der Waals surface area contributed by atoms with Gasteiger partial charge in [0.25, 0.3) is 0 Å². The lowest BCUT2D eigenvalue weighted by molar-refractivity contribution is 0.000196. The standard InChI is InChI=1S/C11H15NO2/c1-2-4-10(5-3-1)14-9-11-8-12-6-7-13-11/h1-5,11-12H,6-9H2/t11-/m1/s1. The molecule has 1 fully saturated rings. The highest BCUT2D eigenvalue weighted by Crippen LogP contribution is 2.09. The van der Waals surface area contributed by atoms with Crippen LogP contribution in [0.15, 0.2) is 30.3 Å². The van der Waals surface area contributed by atoms with E-state index in [4.69, 9.17) is 9.47 Å². The van der Waals surface area contributed by atoms with E-state index in [1.807, 2.05) is 30.3 Å². The predicted octanol–water partition coefficient (Wildman–Crippen LogP) is 1.05. The van der Waals surface area contributed by atoms with Gasteiger partial charge in [-0.1, -0.05) is 18.2 Å². The maximum absolute atomic E-state index is 5.58. The van der Waals surface area contributed by atoms with Gasteiger partial charge >= 0.3 is 0 Å². The number of ether oxygens (including phenoxy) is 2. The van der Waals surface area contributed by atoms with E-state index in [1.165, 1.54) is 0 Å². The van der Waals surface area contributed by atoms with Crippen LogP contribution in [0.5, 0.6) is 5.75 Å². The van der Waals surface area contributed by atoms with E-state index in [0.29, 0.717) is 6.61 Å². The molecule has 1 aromatic rings. The third-order valence-corrected chi connectivity index (χ3v) is 2.18. The molecule has 76 valence electrons. The molecule has 3 heteroatoms. The van der Waals surface area contributed by atoms with Crippen molar-refractivity contribution in [2.75, 3.05) is 26.3 Å². The van der Waals surface area contributed by atoms with Crippen LogP contribution < -0.4 is 10.1 Å². The Kier molecular flexibility index (Phi) is 3.38. The zero-order valence-corrected chi connectivity index (χ0v) is 8.11. The van der Waals surface area contributed by atoms with E-state index in [2.05, 4.69) is 5.32 Å². The molecular formula is C11H15NO2. The van der Waals surface area contributed by atoms with Crippen LogP contribution in [0.3, 0.4) is 0 Å². The third kappa shape index (κ3) is 2.72. The highest BCUT2D eigenvalue weighted by atomic mass is 16.5. The van der Waals surface area contributed by atoms with Gasteiger partial charge in [-0.25, -0.2) is 0 Å². The number of benzene rings is 1. The number of hydrogen-bond donors (Lipinski definition) is 1. The van der Waals surface area contributed by atoms with Gasteiger partial charge in [0.15, 0.2) is 0 Å². The molecule has 3 nitrogen and oxygen atoms in total. The van der Waals surface area contributed by atoms with E-state index < -0.39 is 0 Å². The lowest BCUT2D eigenvalue weighted by atomic mass is 10.3. The molecule has 0 spiro atoms. The number of morpholine rings is 1. The molecular weight excluding hydrogens is 178 g/mol. The first-order valence-corrected chi connectivity index (χ1v) is 4.95. The van der Waals surface area contributed by atoms with Crippen molar-refractivity contribution in [3.8, 4) is 5.75 Å². The second-order valence-electron chi connectivity index (χ2n) is 3.32. The number of para-hydroxylation sites is 1. The van der Waals surface area contributed by atoms with Crippen molar-refractivity contribution < 1.29 is 9.47 Å². The highest BCUT2D eigenvalue weighted by Gasteiger charge is 2.13. The quantitative estimate of drug-likeness (QED) is 0.778. The maximum Gasteiger partial charge on any atom is 0.119 e. The molecule has 1 heterocycles. The van der Waals surface area contributed by atoms with Gasteiger partial charge < -0.3 is 14.8 Å². The molecule has 1 atom stereocenters. The van der Waals surface area contributed by atoms with Gasteiger partial charge in [-0.15, -0.1) is 0 Å². The first-order chi connectivity index (χ1) is 6.95. The van der Waals surface area contributed by atoms with Crippen LogP contribution in [0, 0.1) is 0 Å². The molecule has 0 saturated carbocycles. The molecule has 0 aromatic heterocycles. The Bertz CT molecular complexity index is 257. The summed E-state index contributed by atoms with van der Waals surface area (Å²) < 4.78 is 11.1. The smallest absolute Gasteiger partial charge is 0.119 e. The zero-order chi connectivity index (χ0) is 9.64. The van der Waals surface area contributed by atoms with Crippen molar-refractivity contribution in [3.63, 3.8) is 0 Å². The van der Waals surface area contributed by atoms with Crippen molar-refractivity contribution in [1.29, 1.82) is 0 Å². The molecule has 0 unspecified atom stereocenters. The van der Waals surface area contributed by atoms with Crippen LogP contribution in [0.1, 0.15) is 0 Å². The largest absolute Gasteiger partial charge is 0.491 e. The van der Waals surface area contributed by atoms with Crippen LogP contribution >= 0.6 is 0 Å². The average molecular weight is 193 g/mol. The van der Waals surface area contributed by atoms with Crippen LogP contribution in [0.25, 0.3) is 0 Å². The second kappa shape index (κ2) is 4.98. The lowest BCUT2D eigenvalue weighted by Crippen LogP contribution is -2.41. The topological polar surface area (TPSA) is 30.5 Å². The van der Waals surface area contributed by atoms with E-state index in [1.54, 1.807) is 0 Å². The van der Waals surface area contributed by atoms with Gasteiger partial charge in [0, 0.05) is 13.1 Å². The molecule has 0 bridgehead atoms. The molecule has 2 rings (SSSR count). The summed E-state index contributed by atoms with van der Waals surface area (Å²) >= 11 is 0. The molecule has 14 heavy (non-hydrogen) atoms. The summed E-state index contributed by atoms with van der Waals surface area (Å²) in [7, 11) is 0. The Balaban J connectivity index is 1.76. The summed E-state index contributed by atoms with van der Waals surface area (Å²) in [6, 6.07) is 9.82. The fourth-order valence-electron chi connectivity index (χ4n) is 1.43. The lowest BCUT2D eigenvalue weighted by Gasteiger charge is -2.23. The van der Waals surface area contributed by atoms with Crippen molar-refractivity contribution in [2.24, 2.45) is 0 Å². The molecule has 1 saturated heterocycles. The van der Waals surface area contributed by atoms with Crippen molar-refractivity contribution >= 4 is 0 Å². The first-order valence-electron chi connectivity index (χ1n) is 4.95. The summed E-state index contributed by atoms with van der Waals surface area (Å²) in [6.45, 7) is 3.23. The number of hydrogen-bond acceptors (Lipinski definition) is 3. The molecule has 1 N–H and O–H groups in total. The minimum absolute atomic E-state index is 0.184. The Labute approximate surface area is 84.0 Å². The predicted molar refractivity (Wildman–Crippen MR) is 54.5 cm³/mol. The van der Waals surface area contributed by atoms with Crippen LogP contribution in [0.4, 0.5) is 0 Å². The number of nitrogens with one attached hydrogen (secondary N) is 1. The van der Waals surface area contributed by atoms with Gasteiger partial charge in [-0.05, 0) is 12.1 Å². The van der Waals surface area contributed by atoms with E-state index in [-0.39, 0.29) is 6.10 Å². The minimum atomic E-state index is 0.184.